The third-order valence-electron chi connectivity index (χ3n) is 2.40. The van der Waals surface area contributed by atoms with Gasteiger partial charge in [0.2, 0.25) is 0 Å². The molecular formula is C13H12N2O2S. The van der Waals surface area contributed by atoms with E-state index in [0.29, 0.717) is 21.1 Å². The van der Waals surface area contributed by atoms with Gasteiger partial charge in [-0.3, -0.25) is 9.59 Å². The summed E-state index contributed by atoms with van der Waals surface area (Å²) in [5.41, 5.74) is 6.83. The minimum atomic E-state index is -0.202. The van der Waals surface area contributed by atoms with Crippen molar-refractivity contribution in [1.29, 1.82) is 0 Å². The van der Waals surface area contributed by atoms with Crippen LogP contribution in [-0.2, 0) is 0 Å². The largest absolute Gasteiger partial charge is 0.391 e. The third kappa shape index (κ3) is 2.75. The summed E-state index contributed by atoms with van der Waals surface area (Å²) in [6, 6.07) is 10.1. The Morgan fingerprint density at radius 3 is 2.28 bits per heavy atom. The van der Waals surface area contributed by atoms with Crippen molar-refractivity contribution in [2.45, 2.75) is 6.92 Å². The van der Waals surface area contributed by atoms with Crippen LogP contribution >= 0.6 is 11.3 Å². The molecule has 5 heteroatoms. The third-order valence-corrected chi connectivity index (χ3v) is 3.31. The number of hydrogen-bond acceptors (Lipinski definition) is 4. The molecule has 0 aliphatic carbocycles. The second-order valence-corrected chi connectivity index (χ2v) is 4.91. The van der Waals surface area contributed by atoms with Crippen molar-refractivity contribution in [3.8, 4) is 0 Å². The molecule has 0 fully saturated rings. The Labute approximate surface area is 108 Å². The van der Waals surface area contributed by atoms with E-state index in [9.17, 15) is 9.59 Å². The van der Waals surface area contributed by atoms with Gasteiger partial charge in [-0.05, 0) is 43.3 Å². The van der Waals surface area contributed by atoms with Crippen LogP contribution in [0, 0.1) is 0 Å². The molecule has 18 heavy (non-hydrogen) atoms. The molecule has 0 aliphatic rings. The predicted molar refractivity (Wildman–Crippen MR) is 73.1 cm³/mol. The number of amides is 1. The molecule has 2 rings (SSSR count). The second kappa shape index (κ2) is 5.01. The van der Waals surface area contributed by atoms with Crippen LogP contribution in [0.5, 0.6) is 0 Å². The summed E-state index contributed by atoms with van der Waals surface area (Å²) in [7, 11) is 0. The molecular weight excluding hydrogens is 248 g/mol. The number of nitrogens with one attached hydrogen (secondary N) is 1. The van der Waals surface area contributed by atoms with E-state index in [4.69, 9.17) is 5.73 Å². The van der Waals surface area contributed by atoms with E-state index in [0.717, 1.165) is 0 Å². The number of benzene rings is 1. The normalized spacial score (nSPS) is 10.1. The van der Waals surface area contributed by atoms with E-state index >= 15 is 0 Å². The number of hydrogen-bond donors (Lipinski definition) is 2. The molecule has 0 aliphatic heterocycles. The minimum Gasteiger partial charge on any atom is -0.391 e. The number of rotatable bonds is 3. The fraction of sp³-hybridized carbons (Fsp3) is 0.0769. The molecule has 1 aromatic carbocycles. The van der Waals surface area contributed by atoms with Crippen molar-refractivity contribution in [3.63, 3.8) is 0 Å². The first-order valence-electron chi connectivity index (χ1n) is 5.34. The van der Waals surface area contributed by atoms with Crippen molar-refractivity contribution < 1.29 is 9.59 Å². The van der Waals surface area contributed by atoms with Crippen LogP contribution in [0.2, 0.25) is 0 Å². The molecule has 0 saturated heterocycles. The lowest BCUT2D eigenvalue weighted by molar-refractivity contribution is 0.101. The van der Waals surface area contributed by atoms with Gasteiger partial charge in [0.25, 0.3) is 5.91 Å². The Morgan fingerprint density at radius 2 is 1.78 bits per heavy atom. The maximum Gasteiger partial charge on any atom is 0.265 e. The average molecular weight is 260 g/mol. The van der Waals surface area contributed by atoms with Gasteiger partial charge in [0.15, 0.2) is 5.78 Å². The molecule has 2 aromatic rings. The molecule has 92 valence electrons. The Bertz CT molecular complexity index is 587. The molecule has 3 N–H and O–H groups in total. The van der Waals surface area contributed by atoms with E-state index < -0.39 is 0 Å². The van der Waals surface area contributed by atoms with Gasteiger partial charge in [-0.25, -0.2) is 0 Å². The molecule has 0 bridgehead atoms. The van der Waals surface area contributed by atoms with Gasteiger partial charge in [-0.15, -0.1) is 11.3 Å². The highest BCUT2D eigenvalue weighted by Gasteiger charge is 2.08. The molecule has 0 radical (unpaired) electrons. The fourth-order valence-electron chi connectivity index (χ4n) is 1.46. The number of thiophene rings is 1. The van der Waals surface area contributed by atoms with Crippen LogP contribution in [0.15, 0.2) is 36.4 Å². The van der Waals surface area contributed by atoms with Crippen molar-refractivity contribution in [2.24, 2.45) is 0 Å². The molecule has 1 heterocycles. The van der Waals surface area contributed by atoms with Gasteiger partial charge in [0.05, 0.1) is 9.88 Å². The van der Waals surface area contributed by atoms with E-state index in [1.54, 1.807) is 36.4 Å². The number of carbonyl (C=O) groups excluding carboxylic acids is 2. The van der Waals surface area contributed by atoms with Gasteiger partial charge in [-0.2, -0.15) is 0 Å². The fourth-order valence-corrected chi connectivity index (χ4v) is 2.13. The number of carbonyl (C=O) groups is 2. The van der Waals surface area contributed by atoms with Crippen LogP contribution in [0.4, 0.5) is 10.7 Å². The zero-order valence-corrected chi connectivity index (χ0v) is 10.6. The van der Waals surface area contributed by atoms with Gasteiger partial charge < -0.3 is 11.1 Å². The standard InChI is InChI=1S/C13H12N2O2S/c1-8(16)9-2-4-10(5-3-9)15-13(17)11-6-7-12(14)18-11/h2-7H,14H2,1H3,(H,15,17). The van der Waals surface area contributed by atoms with Crippen molar-refractivity contribution in [1.82, 2.24) is 0 Å². The lowest BCUT2D eigenvalue weighted by atomic mass is 10.1. The maximum atomic E-state index is 11.8. The highest BCUT2D eigenvalue weighted by molar-refractivity contribution is 7.17. The van der Waals surface area contributed by atoms with Crippen LogP contribution < -0.4 is 11.1 Å². The summed E-state index contributed by atoms with van der Waals surface area (Å²) in [6.45, 7) is 1.50. The van der Waals surface area contributed by atoms with Gasteiger partial charge in [-0.1, -0.05) is 0 Å². The summed E-state index contributed by atoms with van der Waals surface area (Å²) in [4.78, 5) is 23.5. The van der Waals surface area contributed by atoms with Crippen LogP contribution in [0.3, 0.4) is 0 Å². The number of ketones is 1. The summed E-state index contributed by atoms with van der Waals surface area (Å²) >= 11 is 1.23. The number of nitrogens with two attached hydrogens (primary N) is 1. The average Bonchev–Trinajstić information content (AvgIpc) is 2.76. The van der Waals surface area contributed by atoms with E-state index in [1.807, 2.05) is 0 Å². The predicted octanol–water partition coefficient (Wildman–Crippen LogP) is 2.79. The van der Waals surface area contributed by atoms with Crippen LogP contribution in [0.1, 0.15) is 27.0 Å². The first-order valence-corrected chi connectivity index (χ1v) is 6.15. The SMILES string of the molecule is CC(=O)c1ccc(NC(=O)c2ccc(N)s2)cc1. The number of anilines is 2. The zero-order chi connectivity index (χ0) is 13.1. The Kier molecular flexibility index (Phi) is 3.43. The monoisotopic (exact) mass is 260 g/mol. The first-order chi connectivity index (χ1) is 8.56. The maximum absolute atomic E-state index is 11.8. The summed E-state index contributed by atoms with van der Waals surface area (Å²) in [5, 5.41) is 3.35. The number of Topliss-reactive ketones (excluding diaryl/α,β-unsaturated/α-hetero) is 1. The van der Waals surface area contributed by atoms with Crippen molar-refractivity contribution >= 4 is 33.7 Å². The summed E-state index contributed by atoms with van der Waals surface area (Å²) in [5.74, 6) is -0.203. The lowest BCUT2D eigenvalue weighted by Crippen LogP contribution is -2.10. The number of nitrogen functional groups attached to an aromatic ring is 1. The molecule has 0 atom stereocenters. The highest BCUT2D eigenvalue weighted by Crippen LogP contribution is 2.19. The Hall–Kier alpha value is -2.14. The molecule has 0 spiro atoms. The minimum absolute atomic E-state index is 0.00101. The first kappa shape index (κ1) is 12.3. The van der Waals surface area contributed by atoms with Gasteiger partial charge in [0.1, 0.15) is 0 Å². The second-order valence-electron chi connectivity index (χ2n) is 3.79. The van der Waals surface area contributed by atoms with E-state index in [1.165, 1.54) is 18.3 Å². The smallest absolute Gasteiger partial charge is 0.265 e. The van der Waals surface area contributed by atoms with Crippen LogP contribution in [-0.4, -0.2) is 11.7 Å². The summed E-state index contributed by atoms with van der Waals surface area (Å²) in [6.07, 6.45) is 0. The molecule has 0 unspecified atom stereocenters. The highest BCUT2D eigenvalue weighted by atomic mass is 32.1. The van der Waals surface area contributed by atoms with E-state index in [2.05, 4.69) is 5.32 Å². The Morgan fingerprint density at radius 1 is 1.11 bits per heavy atom. The zero-order valence-electron chi connectivity index (χ0n) is 9.77. The van der Waals surface area contributed by atoms with Crippen molar-refractivity contribution in [3.05, 3.63) is 46.8 Å². The van der Waals surface area contributed by atoms with Crippen LogP contribution in [0.25, 0.3) is 0 Å². The molecule has 0 saturated carbocycles. The molecule has 4 nitrogen and oxygen atoms in total. The van der Waals surface area contributed by atoms with Gasteiger partial charge >= 0.3 is 0 Å². The molecule has 1 aromatic heterocycles. The topological polar surface area (TPSA) is 72.2 Å². The quantitative estimate of drug-likeness (QED) is 0.833. The Balaban J connectivity index is 2.10. The molecule has 1 amide bonds. The summed E-state index contributed by atoms with van der Waals surface area (Å²) < 4.78 is 0. The van der Waals surface area contributed by atoms with Crippen molar-refractivity contribution in [2.75, 3.05) is 11.1 Å². The lowest BCUT2D eigenvalue weighted by Gasteiger charge is -2.04. The van der Waals surface area contributed by atoms with E-state index in [-0.39, 0.29) is 11.7 Å². The van der Waals surface area contributed by atoms with Gasteiger partial charge in [0, 0.05) is 11.3 Å².